The summed E-state index contributed by atoms with van der Waals surface area (Å²) in [5, 5.41) is 22.2. The van der Waals surface area contributed by atoms with Crippen molar-refractivity contribution in [3.05, 3.63) is 168 Å². The summed E-state index contributed by atoms with van der Waals surface area (Å²) in [6, 6.07) is 52.1. The van der Waals surface area contributed by atoms with Gasteiger partial charge in [0.05, 0.1) is 27.9 Å². The van der Waals surface area contributed by atoms with Gasteiger partial charge in [0.25, 0.3) is 0 Å². The molecule has 0 atom stereocenters. The summed E-state index contributed by atoms with van der Waals surface area (Å²) in [6.45, 7) is 13.0. The molecule has 0 radical (unpaired) electrons. The predicted octanol–water partition coefficient (Wildman–Crippen LogP) is 12.9. The van der Waals surface area contributed by atoms with Gasteiger partial charge >= 0.3 is 0 Å². The molecule has 8 aromatic rings. The van der Waals surface area contributed by atoms with Crippen molar-refractivity contribution in [3.8, 4) is 73.5 Å². The lowest BCUT2D eigenvalue weighted by Gasteiger charge is -2.27. The molecule has 1 N–H and O–H groups in total. The van der Waals surface area contributed by atoms with E-state index in [4.69, 9.17) is 9.97 Å². The number of nitriles is 1. The molecule has 2 heterocycles. The van der Waals surface area contributed by atoms with Crippen molar-refractivity contribution in [3.63, 3.8) is 0 Å². The molecule has 0 aliphatic heterocycles. The minimum absolute atomic E-state index is 0.161. The molecule has 0 aliphatic carbocycles. The third-order valence-electron chi connectivity index (χ3n) is 10.5. The Morgan fingerprint density at radius 3 is 1.84 bits per heavy atom. The number of aromatic hydroxyl groups is 1. The van der Waals surface area contributed by atoms with Gasteiger partial charge in [-0.3, -0.25) is 9.55 Å². The topological polar surface area (TPSA) is 74.7 Å². The van der Waals surface area contributed by atoms with E-state index >= 15 is 0 Å². The molecule has 0 spiro atoms. The van der Waals surface area contributed by atoms with Gasteiger partial charge in [-0.25, -0.2) is 4.98 Å². The summed E-state index contributed by atoms with van der Waals surface area (Å²) < 4.78 is 2.17. The summed E-state index contributed by atoms with van der Waals surface area (Å²) in [5.41, 5.74) is 13.0. The molecule has 274 valence electrons. The van der Waals surface area contributed by atoms with Crippen LogP contribution in [0, 0.1) is 11.3 Å². The van der Waals surface area contributed by atoms with Gasteiger partial charge in [-0.2, -0.15) is 5.26 Å². The second-order valence-corrected chi connectivity index (χ2v) is 16.5. The molecule has 0 aliphatic rings. The fourth-order valence-corrected chi connectivity index (χ4v) is 7.45. The van der Waals surface area contributed by atoms with Crippen LogP contribution in [0.5, 0.6) is 5.75 Å². The largest absolute Gasteiger partial charge is 0.507 e. The van der Waals surface area contributed by atoms with Gasteiger partial charge in [0.2, 0.25) is 0 Å². The number of hydrogen-bond acceptors (Lipinski definition) is 4. The van der Waals surface area contributed by atoms with Gasteiger partial charge < -0.3 is 5.11 Å². The first kappa shape index (κ1) is 36.2. The Kier molecular flexibility index (Phi) is 9.14. The minimum atomic E-state index is -0.303. The number of aromatic nitrogens is 3. The molecule has 0 fully saturated rings. The highest BCUT2D eigenvalue weighted by Crippen LogP contribution is 2.45. The molecule has 56 heavy (non-hydrogen) atoms. The van der Waals surface area contributed by atoms with Gasteiger partial charge in [0, 0.05) is 34.1 Å². The van der Waals surface area contributed by atoms with Crippen molar-refractivity contribution < 1.29 is 5.11 Å². The first-order valence-electron chi connectivity index (χ1n) is 19.0. The smallest absolute Gasteiger partial charge is 0.149 e. The second kappa shape index (κ2) is 14.1. The van der Waals surface area contributed by atoms with Crippen LogP contribution in [0.3, 0.4) is 0 Å². The quantitative estimate of drug-likeness (QED) is 0.185. The first-order chi connectivity index (χ1) is 26.9. The zero-order valence-corrected chi connectivity index (χ0v) is 32.7. The average Bonchev–Trinajstić information content (AvgIpc) is 3.60. The van der Waals surface area contributed by atoms with Crippen molar-refractivity contribution >= 4 is 11.0 Å². The number of pyridine rings is 1. The van der Waals surface area contributed by atoms with Gasteiger partial charge in [-0.15, -0.1) is 0 Å². The third kappa shape index (κ3) is 6.76. The van der Waals surface area contributed by atoms with Gasteiger partial charge in [0.1, 0.15) is 17.6 Å². The van der Waals surface area contributed by atoms with Crippen LogP contribution in [0.1, 0.15) is 58.2 Å². The van der Waals surface area contributed by atoms with E-state index < -0.39 is 0 Å². The van der Waals surface area contributed by atoms with Crippen LogP contribution in [0.2, 0.25) is 0 Å². The molecule has 0 amide bonds. The molecule has 2 aromatic heterocycles. The number of hydrogen-bond donors (Lipinski definition) is 1. The van der Waals surface area contributed by atoms with E-state index in [1.165, 1.54) is 0 Å². The van der Waals surface area contributed by atoms with Gasteiger partial charge in [0.15, 0.2) is 0 Å². The number of para-hydroxylation sites is 2. The standard InChI is InChI=1S/C51H44N4O/c1-50(2,3)39-28-43(48(56)44(29-39)51(4,5)6)49-54-47-41(23-16-24-46(47)55(49)40-21-14-9-15-22-40)36-25-35(33-17-10-7-11-18-33)26-37(27-36)45-30-42(38(31-52)32-53-45)34-19-12-8-13-20-34/h7-30,32,56H,1-6H3. The Bertz CT molecular complexity index is 2760. The highest BCUT2D eigenvalue weighted by atomic mass is 16.3. The van der Waals surface area contributed by atoms with Crippen LogP contribution in [0.15, 0.2) is 152 Å². The Morgan fingerprint density at radius 2 is 1.20 bits per heavy atom. The Balaban J connectivity index is 1.41. The Hall–Kier alpha value is -6.77. The number of nitrogens with zero attached hydrogens (tertiary/aromatic N) is 4. The SMILES string of the molecule is CC(C)(C)c1cc(-c2nc3c(-c4cc(-c5ccccc5)cc(-c5cc(-c6ccccc6)c(C#N)cn5)c4)cccc3n2-c2ccccc2)c(O)c(C(C)(C)C)c1. The van der Waals surface area contributed by atoms with Crippen molar-refractivity contribution in [2.75, 3.05) is 0 Å². The lowest BCUT2D eigenvalue weighted by atomic mass is 9.79. The average molecular weight is 729 g/mol. The van der Waals surface area contributed by atoms with Crippen molar-refractivity contribution in [1.29, 1.82) is 5.26 Å². The maximum Gasteiger partial charge on any atom is 0.149 e. The monoisotopic (exact) mass is 728 g/mol. The number of imidazole rings is 1. The molecule has 8 rings (SSSR count). The van der Waals surface area contributed by atoms with Gasteiger partial charge in [-0.1, -0.05) is 139 Å². The van der Waals surface area contributed by atoms with Crippen molar-refractivity contribution in [1.82, 2.24) is 14.5 Å². The Labute approximate surface area is 329 Å². The maximum absolute atomic E-state index is 12.1. The molecular weight excluding hydrogens is 685 g/mol. The number of phenolic OH excluding ortho intramolecular Hbond substituents is 1. The van der Waals surface area contributed by atoms with Crippen LogP contribution >= 0.6 is 0 Å². The lowest BCUT2D eigenvalue weighted by molar-refractivity contribution is 0.446. The van der Waals surface area contributed by atoms with Crippen LogP contribution in [0.4, 0.5) is 0 Å². The van der Waals surface area contributed by atoms with E-state index in [2.05, 4.69) is 125 Å². The molecular formula is C51H44N4O. The van der Waals surface area contributed by atoms with E-state index in [0.717, 1.165) is 72.5 Å². The van der Waals surface area contributed by atoms with Crippen LogP contribution in [-0.4, -0.2) is 19.6 Å². The molecule has 0 bridgehead atoms. The summed E-state index contributed by atoms with van der Waals surface area (Å²) in [4.78, 5) is 10.3. The highest BCUT2D eigenvalue weighted by Gasteiger charge is 2.28. The van der Waals surface area contributed by atoms with E-state index in [-0.39, 0.29) is 16.6 Å². The number of rotatable bonds is 6. The van der Waals surface area contributed by atoms with E-state index in [0.29, 0.717) is 17.0 Å². The molecule has 5 nitrogen and oxygen atoms in total. The second-order valence-electron chi connectivity index (χ2n) is 16.5. The maximum atomic E-state index is 12.1. The Morgan fingerprint density at radius 1 is 0.571 bits per heavy atom. The summed E-state index contributed by atoms with van der Waals surface area (Å²) >= 11 is 0. The lowest BCUT2D eigenvalue weighted by Crippen LogP contribution is -2.17. The van der Waals surface area contributed by atoms with Gasteiger partial charge in [-0.05, 0) is 87.2 Å². The van der Waals surface area contributed by atoms with Crippen molar-refractivity contribution in [2.45, 2.75) is 52.4 Å². The third-order valence-corrected chi connectivity index (χ3v) is 10.5. The van der Waals surface area contributed by atoms with Crippen LogP contribution in [-0.2, 0) is 10.8 Å². The fourth-order valence-electron chi connectivity index (χ4n) is 7.45. The molecule has 0 saturated heterocycles. The zero-order valence-electron chi connectivity index (χ0n) is 32.7. The summed E-state index contributed by atoms with van der Waals surface area (Å²) in [7, 11) is 0. The zero-order chi connectivity index (χ0) is 39.2. The molecule has 5 heteroatoms. The first-order valence-corrected chi connectivity index (χ1v) is 19.0. The molecule has 0 unspecified atom stereocenters. The van der Waals surface area contributed by atoms with Crippen LogP contribution in [0.25, 0.3) is 72.7 Å². The normalized spacial score (nSPS) is 11.8. The fraction of sp³-hybridized carbons (Fsp3) is 0.157. The number of fused-ring (bicyclic) bond motifs is 1. The van der Waals surface area contributed by atoms with Crippen molar-refractivity contribution in [2.24, 2.45) is 0 Å². The van der Waals surface area contributed by atoms with E-state index in [1.54, 1.807) is 6.20 Å². The number of benzene rings is 6. The van der Waals surface area contributed by atoms with E-state index in [1.807, 2.05) is 72.8 Å². The highest BCUT2D eigenvalue weighted by molar-refractivity contribution is 5.98. The summed E-state index contributed by atoms with van der Waals surface area (Å²) in [6.07, 6.45) is 1.67. The summed E-state index contributed by atoms with van der Waals surface area (Å²) in [5.74, 6) is 0.919. The number of phenols is 1. The predicted molar refractivity (Wildman–Crippen MR) is 230 cm³/mol. The van der Waals surface area contributed by atoms with Crippen LogP contribution < -0.4 is 0 Å². The van der Waals surface area contributed by atoms with E-state index in [9.17, 15) is 10.4 Å². The minimum Gasteiger partial charge on any atom is -0.507 e. The molecule has 0 saturated carbocycles. The molecule has 6 aromatic carbocycles.